The standard InChI is InChI=1S/C21H30O2/c1-4-21-8-7-17-16-6-5-15(22)11-14(16)9-12(2)19(17)20(21)13(3)10-18(21)23/h11-12,16-19,23H,4-10H2,1-3H3/t12-,16+,17-,18+,19-,21-/m1/s1. The lowest BCUT2D eigenvalue weighted by molar-refractivity contribution is -0.115. The van der Waals surface area contributed by atoms with Crippen molar-refractivity contribution in [2.75, 3.05) is 0 Å². The number of fused-ring (bicyclic) bond motifs is 5. The molecule has 0 bridgehead atoms. The fourth-order valence-corrected chi connectivity index (χ4v) is 6.76. The van der Waals surface area contributed by atoms with E-state index in [1.807, 2.05) is 6.08 Å². The molecule has 4 aliphatic carbocycles. The van der Waals surface area contributed by atoms with Crippen molar-refractivity contribution in [2.24, 2.45) is 29.1 Å². The summed E-state index contributed by atoms with van der Waals surface area (Å²) < 4.78 is 0. The molecule has 0 radical (unpaired) electrons. The Labute approximate surface area is 140 Å². The van der Waals surface area contributed by atoms with Crippen LogP contribution < -0.4 is 0 Å². The molecule has 2 heteroatoms. The van der Waals surface area contributed by atoms with E-state index in [4.69, 9.17) is 0 Å². The zero-order valence-electron chi connectivity index (χ0n) is 14.8. The number of rotatable bonds is 1. The molecule has 2 fully saturated rings. The highest BCUT2D eigenvalue weighted by atomic mass is 16.3. The monoisotopic (exact) mass is 314 g/mol. The summed E-state index contributed by atoms with van der Waals surface area (Å²) in [4.78, 5) is 11.8. The van der Waals surface area contributed by atoms with Crippen molar-refractivity contribution in [3.63, 3.8) is 0 Å². The molecule has 0 aromatic rings. The Morgan fingerprint density at radius 2 is 2.09 bits per heavy atom. The van der Waals surface area contributed by atoms with Crippen LogP contribution in [0.2, 0.25) is 0 Å². The van der Waals surface area contributed by atoms with E-state index in [1.54, 1.807) is 5.57 Å². The van der Waals surface area contributed by atoms with Gasteiger partial charge in [0.1, 0.15) is 0 Å². The van der Waals surface area contributed by atoms with Gasteiger partial charge in [0, 0.05) is 11.8 Å². The molecule has 2 saturated carbocycles. The Balaban J connectivity index is 1.76. The van der Waals surface area contributed by atoms with Crippen molar-refractivity contribution in [3.8, 4) is 0 Å². The van der Waals surface area contributed by atoms with E-state index >= 15 is 0 Å². The van der Waals surface area contributed by atoms with Crippen molar-refractivity contribution >= 4 is 5.78 Å². The summed E-state index contributed by atoms with van der Waals surface area (Å²) >= 11 is 0. The second kappa shape index (κ2) is 5.31. The first-order valence-electron chi connectivity index (χ1n) is 9.59. The van der Waals surface area contributed by atoms with E-state index in [0.29, 0.717) is 29.5 Å². The van der Waals surface area contributed by atoms with E-state index in [1.165, 1.54) is 17.6 Å². The van der Waals surface area contributed by atoms with Gasteiger partial charge in [-0.25, -0.2) is 0 Å². The summed E-state index contributed by atoms with van der Waals surface area (Å²) in [6.07, 6.45) is 9.03. The van der Waals surface area contributed by atoms with Crippen LogP contribution >= 0.6 is 0 Å². The number of aliphatic hydroxyl groups excluding tert-OH is 1. The Bertz CT molecular complexity index is 599. The van der Waals surface area contributed by atoms with Crippen molar-refractivity contribution < 1.29 is 9.90 Å². The molecule has 6 atom stereocenters. The van der Waals surface area contributed by atoms with Gasteiger partial charge in [0.15, 0.2) is 5.78 Å². The lowest BCUT2D eigenvalue weighted by Gasteiger charge is -2.54. The first kappa shape index (κ1) is 15.6. The lowest BCUT2D eigenvalue weighted by Crippen LogP contribution is -2.48. The van der Waals surface area contributed by atoms with E-state index in [9.17, 15) is 9.90 Å². The van der Waals surface area contributed by atoms with Gasteiger partial charge in [-0.1, -0.05) is 30.6 Å². The van der Waals surface area contributed by atoms with Gasteiger partial charge in [0.2, 0.25) is 0 Å². The SMILES string of the molecule is CC[C@]12CC[C@H]3[C@H](C1=C(C)C[C@@H]2O)[C@H](C)CC1=CC(=O)CC[C@@H]13. The van der Waals surface area contributed by atoms with Crippen LogP contribution in [0.25, 0.3) is 0 Å². The van der Waals surface area contributed by atoms with E-state index in [0.717, 1.165) is 38.5 Å². The van der Waals surface area contributed by atoms with Gasteiger partial charge in [-0.2, -0.15) is 0 Å². The van der Waals surface area contributed by atoms with Gasteiger partial charge in [0.25, 0.3) is 0 Å². The Kier molecular flexibility index (Phi) is 3.61. The van der Waals surface area contributed by atoms with Crippen LogP contribution in [0, 0.1) is 29.1 Å². The quantitative estimate of drug-likeness (QED) is 0.727. The Morgan fingerprint density at radius 3 is 2.83 bits per heavy atom. The third-order valence-electron chi connectivity index (χ3n) is 7.69. The molecule has 4 aliphatic rings. The first-order valence-corrected chi connectivity index (χ1v) is 9.59. The fraction of sp³-hybridized carbons (Fsp3) is 0.762. The highest BCUT2D eigenvalue weighted by molar-refractivity contribution is 5.91. The Hall–Kier alpha value is -0.890. The maximum Gasteiger partial charge on any atom is 0.155 e. The predicted molar refractivity (Wildman–Crippen MR) is 91.9 cm³/mol. The molecule has 1 N–H and O–H groups in total. The number of carbonyl (C=O) groups excluding carboxylic acids is 1. The van der Waals surface area contributed by atoms with Gasteiger partial charge >= 0.3 is 0 Å². The second-order valence-electron chi connectivity index (χ2n) is 8.66. The summed E-state index contributed by atoms with van der Waals surface area (Å²) in [6.45, 7) is 6.91. The minimum absolute atomic E-state index is 0.0607. The van der Waals surface area contributed by atoms with Crippen LogP contribution in [-0.2, 0) is 4.79 Å². The second-order valence-corrected chi connectivity index (χ2v) is 8.66. The highest BCUT2D eigenvalue weighted by Crippen LogP contribution is 2.63. The lowest BCUT2D eigenvalue weighted by atomic mass is 9.50. The maximum absolute atomic E-state index is 11.8. The molecule has 0 aliphatic heterocycles. The van der Waals surface area contributed by atoms with Crippen molar-refractivity contribution in [2.45, 2.75) is 71.8 Å². The molecule has 126 valence electrons. The number of carbonyl (C=O) groups is 1. The zero-order chi connectivity index (χ0) is 16.4. The van der Waals surface area contributed by atoms with Gasteiger partial charge in [-0.05, 0) is 75.2 Å². The number of hydrogen-bond donors (Lipinski definition) is 1. The van der Waals surface area contributed by atoms with Crippen LogP contribution in [0.1, 0.15) is 65.7 Å². The van der Waals surface area contributed by atoms with Crippen molar-refractivity contribution in [1.82, 2.24) is 0 Å². The van der Waals surface area contributed by atoms with Gasteiger partial charge in [-0.3, -0.25) is 4.79 Å². The summed E-state index contributed by atoms with van der Waals surface area (Å²) in [6, 6.07) is 0. The summed E-state index contributed by atoms with van der Waals surface area (Å²) in [5.41, 5.74) is 4.61. The molecule has 2 nitrogen and oxygen atoms in total. The molecule has 4 rings (SSSR count). The number of aliphatic hydroxyl groups is 1. The maximum atomic E-state index is 11.8. The normalized spacial score (nSPS) is 46.2. The molecule has 0 amide bonds. The third kappa shape index (κ3) is 2.06. The van der Waals surface area contributed by atoms with Crippen LogP contribution in [0.15, 0.2) is 22.8 Å². The van der Waals surface area contributed by atoms with Crippen LogP contribution in [-0.4, -0.2) is 17.0 Å². The Morgan fingerprint density at radius 1 is 1.30 bits per heavy atom. The number of allylic oxidation sites excluding steroid dienone is 2. The summed E-state index contributed by atoms with van der Waals surface area (Å²) in [5, 5.41) is 10.8. The predicted octanol–water partition coefficient (Wildman–Crippen LogP) is 4.44. The molecule has 0 saturated heterocycles. The highest BCUT2D eigenvalue weighted by Gasteiger charge is 2.56. The minimum atomic E-state index is -0.166. The molecular formula is C21H30O2. The minimum Gasteiger partial charge on any atom is -0.392 e. The van der Waals surface area contributed by atoms with Gasteiger partial charge in [-0.15, -0.1) is 0 Å². The average Bonchev–Trinajstić information content (AvgIpc) is 2.78. The average molecular weight is 314 g/mol. The third-order valence-corrected chi connectivity index (χ3v) is 7.69. The van der Waals surface area contributed by atoms with Crippen LogP contribution in [0.4, 0.5) is 0 Å². The van der Waals surface area contributed by atoms with E-state index in [2.05, 4.69) is 20.8 Å². The van der Waals surface area contributed by atoms with Gasteiger partial charge in [0.05, 0.1) is 6.10 Å². The van der Waals surface area contributed by atoms with Crippen molar-refractivity contribution in [1.29, 1.82) is 0 Å². The molecule has 0 aromatic carbocycles. The van der Waals surface area contributed by atoms with Crippen LogP contribution in [0.3, 0.4) is 0 Å². The summed E-state index contributed by atoms with van der Waals surface area (Å²) in [5.74, 6) is 2.91. The molecule has 0 unspecified atom stereocenters. The number of hydrogen-bond acceptors (Lipinski definition) is 2. The molecule has 0 heterocycles. The fourth-order valence-electron chi connectivity index (χ4n) is 6.76. The molecule has 0 aromatic heterocycles. The van der Waals surface area contributed by atoms with Crippen molar-refractivity contribution in [3.05, 3.63) is 22.8 Å². The smallest absolute Gasteiger partial charge is 0.155 e. The number of ketones is 1. The zero-order valence-corrected chi connectivity index (χ0v) is 14.8. The first-order chi connectivity index (χ1) is 11.0. The van der Waals surface area contributed by atoms with E-state index in [-0.39, 0.29) is 11.5 Å². The summed E-state index contributed by atoms with van der Waals surface area (Å²) in [7, 11) is 0. The topological polar surface area (TPSA) is 37.3 Å². The largest absolute Gasteiger partial charge is 0.392 e. The molecule has 23 heavy (non-hydrogen) atoms. The van der Waals surface area contributed by atoms with Crippen LogP contribution in [0.5, 0.6) is 0 Å². The molecular weight excluding hydrogens is 284 g/mol. The van der Waals surface area contributed by atoms with E-state index < -0.39 is 0 Å². The molecule has 0 spiro atoms. The van der Waals surface area contributed by atoms with Gasteiger partial charge < -0.3 is 5.11 Å².